The zero-order valence-electron chi connectivity index (χ0n) is 13.6. The Morgan fingerprint density at radius 1 is 1.36 bits per heavy atom. The van der Waals surface area contributed by atoms with Gasteiger partial charge in [0.1, 0.15) is 18.3 Å². The van der Waals surface area contributed by atoms with Crippen LogP contribution in [0.1, 0.15) is 47.0 Å². The molecular weight excluding hydrogens is 284 g/mol. The third kappa shape index (κ3) is 1.87. The lowest BCUT2D eigenvalue weighted by Crippen LogP contribution is -2.63. The maximum absolute atomic E-state index is 12.0. The number of esters is 2. The standard InChI is InChI=1S/C17H24O5/c1-10(18)22-12-8-11-14(19)21-9-17(11,20)16(4)7-5-6-15(2,3)13(12)16/h8,12-13,20H,5-7,9H2,1-4H3/t12-,13+,16+,17-/m1/s1. The molecular formula is C17H24O5. The molecule has 1 N–H and O–H groups in total. The second-order valence-electron chi connectivity index (χ2n) is 7.83. The van der Waals surface area contributed by atoms with Gasteiger partial charge in [0.15, 0.2) is 0 Å². The molecule has 2 aliphatic carbocycles. The first kappa shape index (κ1) is 15.5. The van der Waals surface area contributed by atoms with E-state index < -0.39 is 23.1 Å². The van der Waals surface area contributed by atoms with Crippen molar-refractivity contribution < 1.29 is 24.2 Å². The predicted octanol–water partition coefficient (Wildman–Crippen LogP) is 1.98. The van der Waals surface area contributed by atoms with Crippen LogP contribution in [0, 0.1) is 16.7 Å². The Morgan fingerprint density at radius 2 is 2.05 bits per heavy atom. The molecule has 1 saturated carbocycles. The lowest BCUT2D eigenvalue weighted by Gasteiger charge is -2.59. The summed E-state index contributed by atoms with van der Waals surface area (Å²) in [5, 5.41) is 11.3. The van der Waals surface area contributed by atoms with E-state index in [-0.39, 0.29) is 29.5 Å². The van der Waals surface area contributed by atoms with Gasteiger partial charge in [-0.25, -0.2) is 4.79 Å². The monoisotopic (exact) mass is 308 g/mol. The van der Waals surface area contributed by atoms with Gasteiger partial charge in [0.05, 0.1) is 5.57 Å². The van der Waals surface area contributed by atoms with E-state index in [4.69, 9.17) is 9.47 Å². The highest BCUT2D eigenvalue weighted by molar-refractivity contribution is 5.94. The Kier molecular flexibility index (Phi) is 3.23. The minimum absolute atomic E-state index is 0.00641. The number of hydrogen-bond donors (Lipinski definition) is 1. The van der Waals surface area contributed by atoms with Crippen LogP contribution in [0.4, 0.5) is 0 Å². The normalized spacial score (nSPS) is 42.8. The number of rotatable bonds is 1. The van der Waals surface area contributed by atoms with Crippen molar-refractivity contribution in [2.75, 3.05) is 6.61 Å². The number of carbonyl (C=O) groups is 2. The Balaban J connectivity index is 2.17. The van der Waals surface area contributed by atoms with Crippen LogP contribution in [0.3, 0.4) is 0 Å². The molecule has 0 unspecified atom stereocenters. The number of cyclic esters (lactones) is 1. The highest BCUT2D eigenvalue weighted by atomic mass is 16.6. The molecule has 4 atom stereocenters. The summed E-state index contributed by atoms with van der Waals surface area (Å²) in [5.74, 6) is -0.925. The van der Waals surface area contributed by atoms with Crippen LogP contribution < -0.4 is 0 Å². The van der Waals surface area contributed by atoms with E-state index >= 15 is 0 Å². The topological polar surface area (TPSA) is 72.8 Å². The van der Waals surface area contributed by atoms with Crippen molar-refractivity contribution in [2.45, 2.75) is 58.7 Å². The molecule has 0 bridgehead atoms. The van der Waals surface area contributed by atoms with Gasteiger partial charge in [-0.2, -0.15) is 0 Å². The maximum Gasteiger partial charge on any atom is 0.337 e. The molecule has 0 spiro atoms. The minimum atomic E-state index is -1.29. The second-order valence-corrected chi connectivity index (χ2v) is 7.83. The molecule has 0 amide bonds. The van der Waals surface area contributed by atoms with Gasteiger partial charge in [-0.1, -0.05) is 27.2 Å². The summed E-state index contributed by atoms with van der Waals surface area (Å²) < 4.78 is 10.7. The zero-order valence-corrected chi connectivity index (χ0v) is 13.6. The molecule has 1 aliphatic heterocycles. The highest BCUT2D eigenvalue weighted by Crippen LogP contribution is 2.62. The molecule has 0 aromatic carbocycles. The van der Waals surface area contributed by atoms with Crippen molar-refractivity contribution in [3.63, 3.8) is 0 Å². The number of ether oxygens (including phenoxy) is 2. The minimum Gasteiger partial charge on any atom is -0.459 e. The molecule has 0 radical (unpaired) electrons. The molecule has 0 aromatic rings. The van der Waals surface area contributed by atoms with E-state index in [2.05, 4.69) is 13.8 Å². The van der Waals surface area contributed by atoms with Gasteiger partial charge in [0.25, 0.3) is 0 Å². The molecule has 1 saturated heterocycles. The van der Waals surface area contributed by atoms with Crippen LogP contribution in [-0.4, -0.2) is 35.4 Å². The molecule has 1 heterocycles. The Hall–Kier alpha value is -1.36. The van der Waals surface area contributed by atoms with Gasteiger partial charge in [-0.15, -0.1) is 0 Å². The van der Waals surface area contributed by atoms with E-state index in [0.29, 0.717) is 0 Å². The van der Waals surface area contributed by atoms with Crippen LogP contribution in [0.5, 0.6) is 0 Å². The van der Waals surface area contributed by atoms with Crippen LogP contribution >= 0.6 is 0 Å². The van der Waals surface area contributed by atoms with Crippen molar-refractivity contribution >= 4 is 11.9 Å². The Morgan fingerprint density at radius 3 is 2.68 bits per heavy atom. The van der Waals surface area contributed by atoms with Crippen molar-refractivity contribution in [2.24, 2.45) is 16.7 Å². The molecule has 0 aromatic heterocycles. The van der Waals surface area contributed by atoms with E-state index in [9.17, 15) is 14.7 Å². The van der Waals surface area contributed by atoms with Crippen LogP contribution in [0.15, 0.2) is 11.6 Å². The van der Waals surface area contributed by atoms with Gasteiger partial charge in [0, 0.05) is 18.3 Å². The summed E-state index contributed by atoms with van der Waals surface area (Å²) >= 11 is 0. The first-order chi connectivity index (χ1) is 10.1. The fourth-order valence-corrected chi connectivity index (χ4v) is 5.08. The van der Waals surface area contributed by atoms with Gasteiger partial charge in [-0.05, 0) is 24.3 Å². The second kappa shape index (κ2) is 4.57. The molecule has 122 valence electrons. The van der Waals surface area contributed by atoms with E-state index in [0.717, 1.165) is 19.3 Å². The molecule has 2 fully saturated rings. The van der Waals surface area contributed by atoms with Crippen LogP contribution in [-0.2, 0) is 19.1 Å². The zero-order chi connectivity index (χ0) is 16.3. The van der Waals surface area contributed by atoms with Gasteiger partial charge in [-0.3, -0.25) is 4.79 Å². The maximum atomic E-state index is 12.0. The predicted molar refractivity (Wildman–Crippen MR) is 78.8 cm³/mol. The summed E-state index contributed by atoms with van der Waals surface area (Å²) in [5.41, 5.74) is -1.68. The molecule has 22 heavy (non-hydrogen) atoms. The van der Waals surface area contributed by atoms with Crippen LogP contribution in [0.25, 0.3) is 0 Å². The van der Waals surface area contributed by atoms with Crippen molar-refractivity contribution in [1.29, 1.82) is 0 Å². The fourth-order valence-electron chi connectivity index (χ4n) is 5.08. The average Bonchev–Trinajstić information content (AvgIpc) is 2.66. The third-order valence-corrected chi connectivity index (χ3v) is 6.03. The lowest BCUT2D eigenvalue weighted by atomic mass is 9.46. The first-order valence-corrected chi connectivity index (χ1v) is 7.91. The molecule has 5 heteroatoms. The van der Waals surface area contributed by atoms with Crippen molar-refractivity contribution in [3.8, 4) is 0 Å². The fraction of sp³-hybridized carbons (Fsp3) is 0.765. The van der Waals surface area contributed by atoms with Crippen molar-refractivity contribution in [3.05, 3.63) is 11.6 Å². The quantitative estimate of drug-likeness (QED) is 0.750. The summed E-state index contributed by atoms with van der Waals surface area (Å²) in [6.45, 7) is 7.66. The Labute approximate surface area is 130 Å². The summed E-state index contributed by atoms with van der Waals surface area (Å²) in [7, 11) is 0. The average molecular weight is 308 g/mol. The summed E-state index contributed by atoms with van der Waals surface area (Å²) in [6.07, 6.45) is 3.87. The van der Waals surface area contributed by atoms with Gasteiger partial charge >= 0.3 is 11.9 Å². The molecule has 3 aliphatic rings. The molecule has 3 rings (SSSR count). The number of carbonyl (C=O) groups excluding carboxylic acids is 2. The number of fused-ring (bicyclic) bond motifs is 3. The van der Waals surface area contributed by atoms with Gasteiger partial charge in [0.2, 0.25) is 0 Å². The number of hydrogen-bond acceptors (Lipinski definition) is 5. The van der Waals surface area contributed by atoms with Crippen molar-refractivity contribution in [1.82, 2.24) is 0 Å². The summed E-state index contributed by atoms with van der Waals surface area (Å²) in [6, 6.07) is 0. The SMILES string of the molecule is CC(=O)O[C@@H]1C=C2C(=O)OC[C@]2(O)[C@@]2(C)CCCC(C)(C)[C@H]12. The van der Waals surface area contributed by atoms with E-state index in [1.165, 1.54) is 6.92 Å². The largest absolute Gasteiger partial charge is 0.459 e. The smallest absolute Gasteiger partial charge is 0.337 e. The highest BCUT2D eigenvalue weighted by Gasteiger charge is 2.67. The first-order valence-electron chi connectivity index (χ1n) is 7.91. The van der Waals surface area contributed by atoms with E-state index in [1.807, 2.05) is 6.92 Å². The third-order valence-electron chi connectivity index (χ3n) is 6.03. The van der Waals surface area contributed by atoms with Crippen LogP contribution in [0.2, 0.25) is 0 Å². The summed E-state index contributed by atoms with van der Waals surface area (Å²) in [4.78, 5) is 23.6. The van der Waals surface area contributed by atoms with E-state index in [1.54, 1.807) is 6.08 Å². The number of aliphatic hydroxyl groups is 1. The Bertz CT molecular complexity index is 563. The molecule has 5 nitrogen and oxygen atoms in total. The lowest BCUT2D eigenvalue weighted by molar-refractivity contribution is -0.188. The van der Waals surface area contributed by atoms with Gasteiger partial charge < -0.3 is 14.6 Å².